The molecular formula is C66H51N3. The minimum Gasteiger partial charge on any atom is -0.313 e. The molecule has 0 spiro atoms. The first-order chi connectivity index (χ1) is 33.7. The van der Waals surface area contributed by atoms with Gasteiger partial charge in [0.1, 0.15) is 0 Å². The van der Waals surface area contributed by atoms with Crippen LogP contribution >= 0.6 is 0 Å². The summed E-state index contributed by atoms with van der Waals surface area (Å²) < 4.78 is 7.89. The van der Waals surface area contributed by atoms with Gasteiger partial charge in [-0.2, -0.15) is 0 Å². The van der Waals surface area contributed by atoms with E-state index in [2.05, 4.69) is 183 Å². The van der Waals surface area contributed by atoms with Crippen LogP contribution in [0.5, 0.6) is 0 Å². The van der Waals surface area contributed by atoms with Crippen molar-refractivity contribution in [1.29, 1.82) is 0 Å². The van der Waals surface area contributed by atoms with E-state index in [4.69, 9.17) is 0 Å². The van der Waals surface area contributed by atoms with E-state index in [0.29, 0.717) is 0 Å². The number of rotatable bonds is 3. The Morgan fingerprint density at radius 1 is 0.333 bits per heavy atom. The smallest absolute Gasteiger partial charge is 0.0612 e. The number of hydrogen-bond acceptors (Lipinski definition) is 0. The van der Waals surface area contributed by atoms with Crippen molar-refractivity contribution >= 4 is 100.0 Å². The van der Waals surface area contributed by atoms with E-state index >= 15 is 0 Å². The topological polar surface area (TPSA) is 14.8 Å². The van der Waals surface area contributed by atoms with Crippen molar-refractivity contribution < 1.29 is 0 Å². The van der Waals surface area contributed by atoms with Gasteiger partial charge in [-0.1, -0.05) is 91.1 Å². The minimum atomic E-state index is 0.979. The highest BCUT2D eigenvalue weighted by Crippen LogP contribution is 2.49. The quantitative estimate of drug-likeness (QED) is 0.168. The summed E-state index contributed by atoms with van der Waals surface area (Å²) in [5, 5.41) is 12.4. The van der Waals surface area contributed by atoms with Gasteiger partial charge in [-0.3, -0.25) is 0 Å². The number of hydrogen-bond donors (Lipinski definition) is 0. The lowest BCUT2D eigenvalue weighted by atomic mass is 9.81. The molecule has 3 heterocycles. The van der Waals surface area contributed by atoms with Crippen molar-refractivity contribution in [3.05, 3.63) is 193 Å². The van der Waals surface area contributed by atoms with Crippen LogP contribution in [-0.2, 0) is 19.3 Å². The number of aryl methyl sites for hydroxylation is 3. The summed E-state index contributed by atoms with van der Waals surface area (Å²) in [4.78, 5) is 0. The predicted octanol–water partition coefficient (Wildman–Crippen LogP) is 16.9. The van der Waals surface area contributed by atoms with Gasteiger partial charge in [-0.15, -0.1) is 0 Å². The summed E-state index contributed by atoms with van der Waals surface area (Å²) >= 11 is 0. The summed E-state index contributed by atoms with van der Waals surface area (Å²) in [6, 6.07) is 29.6. The number of nitrogens with zero attached hydrogens (tertiary/aromatic N) is 3. The van der Waals surface area contributed by atoms with Gasteiger partial charge < -0.3 is 13.7 Å². The average molecular weight is 886 g/mol. The van der Waals surface area contributed by atoms with Gasteiger partial charge >= 0.3 is 0 Å². The van der Waals surface area contributed by atoms with E-state index in [1.54, 1.807) is 0 Å². The maximum Gasteiger partial charge on any atom is 0.0612 e. The molecule has 330 valence electrons. The lowest BCUT2D eigenvalue weighted by molar-refractivity contribution is 0.985. The molecule has 0 atom stereocenters. The third-order valence-corrected chi connectivity index (χ3v) is 17.9. The standard InChI is InChI=1S/C66H51N3/c1-34-37(4)67(64-52-25-22-43-13-7-10-40-16-19-46(28-55(34)64)61(52)58(40)43)49-31-50(68-38(5)35(2)56-29-47-20-17-41-11-8-14-44-23-26-53(65(56)68)62(47)59(41)44)33-51(32-49)69-39(6)36(3)57-30-48-21-18-42-12-9-15-45-24-27-54(66(57)69)63(48)60(42)45/h7-9,13-18,22-33H,10-12,19-21H2,1-6H3. The molecule has 0 fully saturated rings. The van der Waals surface area contributed by atoms with Crippen LogP contribution in [0, 0.1) is 41.5 Å². The minimum absolute atomic E-state index is 0.979. The molecule has 6 aliphatic carbocycles. The molecule has 0 amide bonds. The van der Waals surface area contributed by atoms with Crippen LogP contribution < -0.4 is 0 Å². The van der Waals surface area contributed by atoms with E-state index in [9.17, 15) is 0 Å². The van der Waals surface area contributed by atoms with Crippen molar-refractivity contribution in [3.8, 4) is 17.1 Å². The second kappa shape index (κ2) is 13.1. The molecule has 69 heavy (non-hydrogen) atoms. The lowest BCUT2D eigenvalue weighted by Gasteiger charge is -2.25. The highest BCUT2D eigenvalue weighted by Gasteiger charge is 2.30. The maximum absolute atomic E-state index is 2.63. The van der Waals surface area contributed by atoms with Crippen LogP contribution in [-0.4, -0.2) is 13.7 Å². The molecule has 0 bridgehead atoms. The SMILES string of the molecule is Cc1c(C)n(-c2cc(-n3c(C)c(C)c4cc5c6c7c(ccc6c43)C=CCC7=CC5)cc(-n3c(C)c(C)c4cc5c6c7c(ccc6c43)C=CCC7=CC5)c2)c2c1cc1c3c4c(ccc32)C=CCC4=CC1. The van der Waals surface area contributed by atoms with E-state index in [-0.39, 0.29) is 0 Å². The first-order valence-corrected chi connectivity index (χ1v) is 25.3. The summed E-state index contributed by atoms with van der Waals surface area (Å²) in [5.41, 5.74) is 32.6. The fraction of sp³-hybridized carbons (Fsp3) is 0.182. The van der Waals surface area contributed by atoms with Gasteiger partial charge in [0.25, 0.3) is 0 Å². The number of benzene rings is 7. The van der Waals surface area contributed by atoms with Gasteiger partial charge in [-0.05, 0) is 216 Å². The molecule has 3 nitrogen and oxygen atoms in total. The fourth-order valence-corrected chi connectivity index (χ4v) is 14.4. The molecule has 0 unspecified atom stereocenters. The Labute approximate surface area is 402 Å². The van der Waals surface area contributed by atoms with Gasteiger partial charge in [0.05, 0.1) is 33.6 Å². The molecule has 0 N–H and O–H groups in total. The Kier molecular flexibility index (Phi) is 7.29. The van der Waals surface area contributed by atoms with Gasteiger partial charge in [0, 0.05) is 49.4 Å². The second-order valence-electron chi connectivity index (χ2n) is 21.1. The highest BCUT2D eigenvalue weighted by molar-refractivity contribution is 6.18. The van der Waals surface area contributed by atoms with Crippen LogP contribution in [0.3, 0.4) is 0 Å². The van der Waals surface area contributed by atoms with Gasteiger partial charge in [-0.25, -0.2) is 0 Å². The molecule has 0 saturated heterocycles. The summed E-state index contributed by atoms with van der Waals surface area (Å²) in [5.74, 6) is 0. The Balaban J connectivity index is 1.05. The average Bonchev–Trinajstić information content (AvgIpc) is 3.90. The first kappa shape index (κ1) is 38.4. The third kappa shape index (κ3) is 4.74. The van der Waals surface area contributed by atoms with E-state index < -0.39 is 0 Å². The van der Waals surface area contributed by atoms with E-state index in [1.807, 2.05) is 0 Å². The Bertz CT molecular complexity index is 3940. The Morgan fingerprint density at radius 2 is 0.638 bits per heavy atom. The molecule has 16 rings (SSSR count). The fourth-order valence-electron chi connectivity index (χ4n) is 14.4. The van der Waals surface area contributed by atoms with Crippen molar-refractivity contribution in [2.45, 2.75) is 80.1 Å². The molecule has 0 saturated carbocycles. The first-order valence-electron chi connectivity index (χ1n) is 25.3. The van der Waals surface area contributed by atoms with Crippen LogP contribution in [0.4, 0.5) is 0 Å². The molecule has 0 aliphatic heterocycles. The monoisotopic (exact) mass is 885 g/mol. The van der Waals surface area contributed by atoms with Crippen molar-refractivity contribution in [1.82, 2.24) is 13.7 Å². The molecule has 3 aromatic heterocycles. The van der Waals surface area contributed by atoms with E-state index in [1.165, 1.54) is 183 Å². The molecular weight excluding hydrogens is 835 g/mol. The molecule has 0 radical (unpaired) electrons. The summed E-state index contributed by atoms with van der Waals surface area (Å²) in [7, 11) is 0. The van der Waals surface area contributed by atoms with Gasteiger partial charge in [0.15, 0.2) is 0 Å². The third-order valence-electron chi connectivity index (χ3n) is 17.9. The van der Waals surface area contributed by atoms with Crippen molar-refractivity contribution in [2.24, 2.45) is 0 Å². The lowest BCUT2D eigenvalue weighted by Crippen LogP contribution is -2.08. The normalized spacial score (nSPS) is 16.0. The zero-order valence-electron chi connectivity index (χ0n) is 40.2. The van der Waals surface area contributed by atoms with Crippen molar-refractivity contribution in [3.63, 3.8) is 0 Å². The van der Waals surface area contributed by atoms with Crippen LogP contribution in [0.1, 0.15) is 103 Å². The largest absolute Gasteiger partial charge is 0.313 e. The Hall–Kier alpha value is -7.62. The summed E-state index contributed by atoms with van der Waals surface area (Å²) in [6.45, 7) is 14.1. The van der Waals surface area contributed by atoms with Gasteiger partial charge in [0.2, 0.25) is 0 Å². The summed E-state index contributed by atoms with van der Waals surface area (Å²) in [6.07, 6.45) is 27.4. The Morgan fingerprint density at radius 3 is 0.942 bits per heavy atom. The van der Waals surface area contributed by atoms with E-state index in [0.717, 1.165) is 38.5 Å². The number of fused-ring (bicyclic) bond motifs is 6. The maximum atomic E-state index is 2.63. The molecule has 10 aromatic rings. The number of aromatic nitrogens is 3. The number of allylic oxidation sites excluding steroid dienone is 9. The van der Waals surface area contributed by atoms with Crippen LogP contribution in [0.2, 0.25) is 0 Å². The zero-order chi connectivity index (χ0) is 45.9. The second-order valence-corrected chi connectivity index (χ2v) is 21.1. The predicted molar refractivity (Wildman–Crippen MR) is 294 cm³/mol. The van der Waals surface area contributed by atoms with Crippen LogP contribution in [0.25, 0.3) is 117 Å². The zero-order valence-corrected chi connectivity index (χ0v) is 40.2. The molecule has 7 aromatic carbocycles. The van der Waals surface area contributed by atoms with Crippen molar-refractivity contribution in [2.75, 3.05) is 0 Å². The molecule has 6 aliphatic rings. The highest BCUT2D eigenvalue weighted by atomic mass is 15.1. The molecule has 3 heteroatoms. The van der Waals surface area contributed by atoms with Crippen LogP contribution in [0.15, 0.2) is 109 Å².